The van der Waals surface area contributed by atoms with E-state index in [0.29, 0.717) is 22.1 Å². The number of methoxy groups -OCH3 is 2. The number of rotatable bonds is 7. The summed E-state index contributed by atoms with van der Waals surface area (Å²) in [6, 6.07) is 11.9. The zero-order chi connectivity index (χ0) is 18.2. The molecule has 0 aliphatic carbocycles. The van der Waals surface area contributed by atoms with Crippen molar-refractivity contribution in [1.29, 1.82) is 0 Å². The maximum absolute atomic E-state index is 12.4. The lowest BCUT2D eigenvalue weighted by Gasteiger charge is -2.13. The molecule has 8 heteroatoms. The van der Waals surface area contributed by atoms with Crippen molar-refractivity contribution in [2.24, 2.45) is 0 Å². The van der Waals surface area contributed by atoms with E-state index in [1.165, 1.54) is 24.7 Å². The molecule has 132 valence electrons. The molecule has 0 spiro atoms. The van der Waals surface area contributed by atoms with Gasteiger partial charge < -0.3 is 14.0 Å². The molecule has 7 nitrogen and oxygen atoms in total. The fourth-order valence-corrected chi connectivity index (χ4v) is 2.82. The lowest BCUT2D eigenvalue weighted by Crippen LogP contribution is -2.14. The Bertz CT molecular complexity index is 749. The highest BCUT2D eigenvalue weighted by molar-refractivity contribution is 7.92. The van der Waals surface area contributed by atoms with Crippen molar-refractivity contribution in [2.45, 2.75) is 4.90 Å². The third kappa shape index (κ3) is 5.15. The van der Waals surface area contributed by atoms with Crippen molar-refractivity contribution < 1.29 is 24.0 Å². The molecule has 1 atom stereocenters. The van der Waals surface area contributed by atoms with Gasteiger partial charge in [-0.2, -0.15) is 0 Å². The topological polar surface area (TPSA) is 103 Å². The number of nitrogens with one attached hydrogen (secondary N) is 2. The SMILES string of the molecule is COc1ccc(N[S+]([O-])c2ccc(/C=C/C(=O)NO)cc2)cc1OC. The molecule has 0 saturated carbocycles. The van der Waals surface area contributed by atoms with Gasteiger partial charge >= 0.3 is 0 Å². The quantitative estimate of drug-likeness (QED) is 0.302. The number of hydrogen-bond donors (Lipinski definition) is 3. The average molecular weight is 362 g/mol. The van der Waals surface area contributed by atoms with Crippen LogP contribution in [0.1, 0.15) is 5.56 Å². The van der Waals surface area contributed by atoms with Gasteiger partial charge in [-0.1, -0.05) is 0 Å². The Labute approximate surface area is 148 Å². The molecular formula is C17H18N2O5S. The first-order valence-corrected chi connectivity index (χ1v) is 8.35. The van der Waals surface area contributed by atoms with Crippen LogP contribution in [0.25, 0.3) is 6.08 Å². The first-order chi connectivity index (χ1) is 12.1. The zero-order valence-corrected chi connectivity index (χ0v) is 14.5. The summed E-state index contributed by atoms with van der Waals surface area (Å²) >= 11 is -1.47. The summed E-state index contributed by atoms with van der Waals surface area (Å²) in [5.74, 6) is 0.497. The number of hydrogen-bond acceptors (Lipinski definition) is 6. The van der Waals surface area contributed by atoms with Crippen molar-refractivity contribution in [1.82, 2.24) is 5.48 Å². The highest BCUT2D eigenvalue weighted by Crippen LogP contribution is 2.30. The minimum atomic E-state index is -1.47. The van der Waals surface area contributed by atoms with Gasteiger partial charge in [0.15, 0.2) is 16.4 Å². The van der Waals surface area contributed by atoms with E-state index in [0.717, 1.165) is 5.56 Å². The lowest BCUT2D eigenvalue weighted by atomic mass is 10.2. The van der Waals surface area contributed by atoms with Gasteiger partial charge in [0, 0.05) is 12.1 Å². The van der Waals surface area contributed by atoms with Gasteiger partial charge in [-0.25, -0.2) is 10.2 Å². The maximum Gasteiger partial charge on any atom is 0.267 e. The second-order valence-electron chi connectivity index (χ2n) is 4.82. The van der Waals surface area contributed by atoms with Crippen LogP contribution in [0.15, 0.2) is 53.4 Å². The predicted octanol–water partition coefficient (Wildman–Crippen LogP) is 2.36. The van der Waals surface area contributed by atoms with Gasteiger partial charge in [-0.05, 0) is 48.0 Å². The van der Waals surface area contributed by atoms with Crippen LogP contribution in [-0.4, -0.2) is 29.9 Å². The summed E-state index contributed by atoms with van der Waals surface area (Å²) in [5, 5.41) is 8.42. The number of ether oxygens (including phenoxy) is 2. The number of amides is 1. The van der Waals surface area contributed by atoms with E-state index in [-0.39, 0.29) is 0 Å². The fourth-order valence-electron chi connectivity index (χ4n) is 1.98. The largest absolute Gasteiger partial charge is 0.588 e. The van der Waals surface area contributed by atoms with Gasteiger partial charge in [-0.3, -0.25) is 10.0 Å². The molecule has 0 aliphatic heterocycles. The Balaban J connectivity index is 2.07. The molecule has 2 aromatic rings. The maximum atomic E-state index is 12.4. The summed E-state index contributed by atoms with van der Waals surface area (Å²) in [5.41, 5.74) is 2.86. The molecule has 1 unspecified atom stereocenters. The van der Waals surface area contributed by atoms with E-state index < -0.39 is 17.3 Å². The Morgan fingerprint density at radius 3 is 2.40 bits per heavy atom. The molecule has 0 aromatic heterocycles. The number of carbonyl (C=O) groups is 1. The van der Waals surface area contributed by atoms with Crippen LogP contribution in [0.2, 0.25) is 0 Å². The van der Waals surface area contributed by atoms with Crippen LogP contribution in [0.4, 0.5) is 5.69 Å². The molecule has 2 aromatic carbocycles. The molecule has 2 rings (SSSR count). The van der Waals surface area contributed by atoms with Gasteiger partial charge in [0.25, 0.3) is 5.91 Å². The third-order valence-electron chi connectivity index (χ3n) is 3.23. The van der Waals surface area contributed by atoms with Crippen molar-refractivity contribution in [2.75, 3.05) is 18.9 Å². The molecule has 3 N–H and O–H groups in total. The van der Waals surface area contributed by atoms with Crippen LogP contribution in [0.3, 0.4) is 0 Å². The zero-order valence-electron chi connectivity index (χ0n) is 13.7. The smallest absolute Gasteiger partial charge is 0.267 e. The van der Waals surface area contributed by atoms with Crippen molar-refractivity contribution in [3.05, 3.63) is 54.1 Å². The molecule has 0 bridgehead atoms. The summed E-state index contributed by atoms with van der Waals surface area (Å²) < 4.78 is 25.7. The van der Waals surface area contributed by atoms with E-state index in [1.54, 1.807) is 49.6 Å². The minimum Gasteiger partial charge on any atom is -0.588 e. The molecule has 25 heavy (non-hydrogen) atoms. The molecule has 0 heterocycles. The van der Waals surface area contributed by atoms with Crippen molar-refractivity contribution >= 4 is 29.0 Å². The van der Waals surface area contributed by atoms with Crippen molar-refractivity contribution in [3.63, 3.8) is 0 Å². The van der Waals surface area contributed by atoms with Crippen LogP contribution < -0.4 is 19.7 Å². The predicted molar refractivity (Wildman–Crippen MR) is 95.0 cm³/mol. The van der Waals surface area contributed by atoms with Crippen LogP contribution in [0.5, 0.6) is 11.5 Å². The summed E-state index contributed by atoms with van der Waals surface area (Å²) in [6.45, 7) is 0. The molecule has 0 saturated heterocycles. The minimum absolute atomic E-state index is 0.534. The highest BCUT2D eigenvalue weighted by atomic mass is 32.2. The molecule has 0 aliphatic rings. The molecule has 0 radical (unpaired) electrons. The van der Waals surface area contributed by atoms with Crippen molar-refractivity contribution in [3.8, 4) is 11.5 Å². The lowest BCUT2D eigenvalue weighted by molar-refractivity contribution is -0.124. The monoisotopic (exact) mass is 362 g/mol. The van der Waals surface area contributed by atoms with E-state index in [4.69, 9.17) is 14.7 Å². The normalized spacial score (nSPS) is 11.8. The highest BCUT2D eigenvalue weighted by Gasteiger charge is 2.13. The third-order valence-corrected chi connectivity index (χ3v) is 4.35. The molecular weight excluding hydrogens is 344 g/mol. The van der Waals surface area contributed by atoms with Crippen LogP contribution in [-0.2, 0) is 16.2 Å². The van der Waals surface area contributed by atoms with Gasteiger partial charge in [0.2, 0.25) is 0 Å². The second-order valence-corrected chi connectivity index (χ2v) is 6.03. The van der Waals surface area contributed by atoms with Crippen LogP contribution >= 0.6 is 0 Å². The summed E-state index contributed by atoms with van der Waals surface area (Å²) in [4.78, 5) is 11.5. The Morgan fingerprint density at radius 1 is 1.12 bits per heavy atom. The number of hydroxylamine groups is 1. The standard InChI is InChI=1S/C17H18N2O5S/c1-23-15-9-6-13(11-16(15)24-2)19-25(22)14-7-3-12(4-8-14)5-10-17(20)18-21/h3-11,19,21H,1-2H3,(H,18,20)/b10-5+. The van der Waals surface area contributed by atoms with E-state index in [9.17, 15) is 9.35 Å². The van der Waals surface area contributed by atoms with Crippen LogP contribution in [0, 0.1) is 0 Å². The van der Waals surface area contributed by atoms with E-state index in [2.05, 4.69) is 4.72 Å². The van der Waals surface area contributed by atoms with Gasteiger partial charge in [0.05, 0.1) is 19.9 Å². The summed E-state index contributed by atoms with van der Waals surface area (Å²) in [6.07, 6.45) is 2.72. The Hall–Kier alpha value is -2.68. The second kappa shape index (κ2) is 8.97. The first kappa shape index (κ1) is 18.7. The Morgan fingerprint density at radius 2 is 1.80 bits per heavy atom. The number of benzene rings is 2. The number of carbonyl (C=O) groups excluding carboxylic acids is 1. The average Bonchev–Trinajstić information content (AvgIpc) is 2.66. The molecule has 0 fully saturated rings. The summed E-state index contributed by atoms with van der Waals surface area (Å²) in [7, 11) is 3.07. The van der Waals surface area contributed by atoms with Gasteiger partial charge in [0.1, 0.15) is 11.4 Å². The van der Waals surface area contributed by atoms with Gasteiger partial charge in [-0.15, -0.1) is 0 Å². The molecule has 1 amide bonds. The van der Waals surface area contributed by atoms with E-state index >= 15 is 0 Å². The number of anilines is 1. The van der Waals surface area contributed by atoms with E-state index in [1.807, 2.05) is 0 Å². The Kier molecular flexibility index (Phi) is 6.70. The first-order valence-electron chi connectivity index (χ1n) is 7.20. The fraction of sp³-hybridized carbons (Fsp3) is 0.118.